The SMILES string of the molecule is CC(CCN)S(C)(=O)=O.Cl. The van der Waals surface area contributed by atoms with Gasteiger partial charge in [-0.2, -0.15) is 0 Å². The lowest BCUT2D eigenvalue weighted by Gasteiger charge is -2.05. The molecule has 1 atom stereocenters. The van der Waals surface area contributed by atoms with Gasteiger partial charge in [-0.1, -0.05) is 0 Å². The van der Waals surface area contributed by atoms with E-state index in [9.17, 15) is 8.42 Å². The van der Waals surface area contributed by atoms with Crippen LogP contribution >= 0.6 is 12.4 Å². The molecule has 0 amide bonds. The van der Waals surface area contributed by atoms with E-state index in [2.05, 4.69) is 0 Å². The van der Waals surface area contributed by atoms with E-state index in [1.54, 1.807) is 6.92 Å². The molecule has 5 heteroatoms. The highest BCUT2D eigenvalue weighted by atomic mass is 35.5. The van der Waals surface area contributed by atoms with Crippen molar-refractivity contribution in [2.45, 2.75) is 18.6 Å². The molecule has 0 radical (unpaired) electrons. The molecule has 1 unspecified atom stereocenters. The van der Waals surface area contributed by atoms with E-state index >= 15 is 0 Å². The van der Waals surface area contributed by atoms with Crippen molar-refractivity contribution in [3.63, 3.8) is 0 Å². The summed E-state index contributed by atoms with van der Waals surface area (Å²) in [6.45, 7) is 2.11. The molecule has 0 aromatic heterocycles. The first-order valence-corrected chi connectivity index (χ1v) is 4.83. The van der Waals surface area contributed by atoms with Gasteiger partial charge in [0.1, 0.15) is 9.84 Å². The lowest BCUT2D eigenvalue weighted by Crippen LogP contribution is -2.19. The largest absolute Gasteiger partial charge is 0.330 e. The third kappa shape index (κ3) is 5.02. The van der Waals surface area contributed by atoms with Gasteiger partial charge in [0.2, 0.25) is 0 Å². The molecule has 0 fully saturated rings. The minimum absolute atomic E-state index is 0. The zero-order valence-electron chi connectivity index (χ0n) is 6.20. The number of hydrogen-bond donors (Lipinski definition) is 1. The summed E-state index contributed by atoms with van der Waals surface area (Å²) in [5.74, 6) is 0. The number of sulfone groups is 1. The molecule has 0 spiro atoms. The van der Waals surface area contributed by atoms with Crippen molar-refractivity contribution in [2.24, 2.45) is 5.73 Å². The molecular formula is C5H14ClNO2S. The Balaban J connectivity index is 0. The first kappa shape index (κ1) is 12.8. The highest BCUT2D eigenvalue weighted by Crippen LogP contribution is 2.00. The van der Waals surface area contributed by atoms with E-state index in [4.69, 9.17) is 5.73 Å². The Kier molecular flexibility index (Phi) is 6.33. The maximum absolute atomic E-state index is 10.7. The summed E-state index contributed by atoms with van der Waals surface area (Å²) in [5.41, 5.74) is 5.16. The molecular weight excluding hydrogens is 174 g/mol. The second-order valence-electron chi connectivity index (χ2n) is 2.22. The highest BCUT2D eigenvalue weighted by molar-refractivity contribution is 7.91. The summed E-state index contributed by atoms with van der Waals surface area (Å²) < 4.78 is 21.3. The van der Waals surface area contributed by atoms with Crippen LogP contribution in [-0.2, 0) is 9.84 Å². The topological polar surface area (TPSA) is 60.2 Å². The van der Waals surface area contributed by atoms with E-state index < -0.39 is 9.84 Å². The molecule has 0 rings (SSSR count). The second kappa shape index (κ2) is 4.93. The Morgan fingerprint density at radius 2 is 1.90 bits per heavy atom. The summed E-state index contributed by atoms with van der Waals surface area (Å²) in [6.07, 6.45) is 1.78. The van der Waals surface area contributed by atoms with Crippen molar-refractivity contribution in [2.75, 3.05) is 12.8 Å². The van der Waals surface area contributed by atoms with Crippen LogP contribution < -0.4 is 5.73 Å². The van der Waals surface area contributed by atoms with Crippen molar-refractivity contribution >= 4 is 22.2 Å². The highest BCUT2D eigenvalue weighted by Gasteiger charge is 2.12. The predicted octanol–water partition coefficient (Wildman–Crippen LogP) is 0.190. The smallest absolute Gasteiger partial charge is 0.150 e. The first-order valence-electron chi connectivity index (χ1n) is 2.87. The van der Waals surface area contributed by atoms with Gasteiger partial charge in [0.05, 0.1) is 5.25 Å². The van der Waals surface area contributed by atoms with Gasteiger partial charge >= 0.3 is 0 Å². The van der Waals surface area contributed by atoms with Crippen LogP contribution in [0.4, 0.5) is 0 Å². The van der Waals surface area contributed by atoms with Gasteiger partial charge in [-0.05, 0) is 19.9 Å². The summed E-state index contributed by atoms with van der Waals surface area (Å²) in [6, 6.07) is 0. The van der Waals surface area contributed by atoms with E-state index in [1.807, 2.05) is 0 Å². The van der Waals surface area contributed by atoms with Crippen molar-refractivity contribution in [3.05, 3.63) is 0 Å². The molecule has 0 heterocycles. The zero-order chi connectivity index (χ0) is 7.49. The standard InChI is InChI=1S/C5H13NO2S.ClH/c1-5(3-4-6)9(2,7)8;/h5H,3-4,6H2,1-2H3;1H. The van der Waals surface area contributed by atoms with Crippen LogP contribution in [0.2, 0.25) is 0 Å². The fourth-order valence-electron chi connectivity index (χ4n) is 0.449. The fraction of sp³-hybridized carbons (Fsp3) is 1.00. The molecule has 3 nitrogen and oxygen atoms in total. The molecule has 10 heavy (non-hydrogen) atoms. The molecule has 0 aliphatic rings. The summed E-state index contributed by atoms with van der Waals surface area (Å²) in [4.78, 5) is 0. The van der Waals surface area contributed by atoms with Crippen LogP contribution in [0.15, 0.2) is 0 Å². The molecule has 0 aromatic carbocycles. The maximum Gasteiger partial charge on any atom is 0.150 e. The Morgan fingerprint density at radius 1 is 1.50 bits per heavy atom. The summed E-state index contributed by atoms with van der Waals surface area (Å²) >= 11 is 0. The van der Waals surface area contributed by atoms with Crippen molar-refractivity contribution in [1.82, 2.24) is 0 Å². The number of hydrogen-bond acceptors (Lipinski definition) is 3. The monoisotopic (exact) mass is 187 g/mol. The first-order chi connectivity index (χ1) is 3.98. The molecule has 64 valence electrons. The third-order valence-corrected chi connectivity index (χ3v) is 3.00. The van der Waals surface area contributed by atoms with Crippen LogP contribution in [0.25, 0.3) is 0 Å². The van der Waals surface area contributed by atoms with Crippen molar-refractivity contribution in [1.29, 1.82) is 0 Å². The Hall–Kier alpha value is 0.200. The van der Waals surface area contributed by atoms with E-state index in [0.29, 0.717) is 13.0 Å². The summed E-state index contributed by atoms with van der Waals surface area (Å²) in [5, 5.41) is -0.289. The predicted molar refractivity (Wildman–Crippen MR) is 45.2 cm³/mol. The molecule has 2 N–H and O–H groups in total. The van der Waals surface area contributed by atoms with Crippen LogP contribution in [-0.4, -0.2) is 26.5 Å². The molecule has 0 aliphatic heterocycles. The van der Waals surface area contributed by atoms with Gasteiger partial charge in [0, 0.05) is 6.26 Å². The fourth-order valence-corrected chi connectivity index (χ4v) is 1.01. The quantitative estimate of drug-likeness (QED) is 0.687. The van der Waals surface area contributed by atoms with Gasteiger partial charge in [0.25, 0.3) is 0 Å². The zero-order valence-corrected chi connectivity index (χ0v) is 7.83. The van der Waals surface area contributed by atoms with Crippen LogP contribution in [0, 0.1) is 0 Å². The van der Waals surface area contributed by atoms with Crippen molar-refractivity contribution < 1.29 is 8.42 Å². The van der Waals surface area contributed by atoms with E-state index in [-0.39, 0.29) is 17.7 Å². The lowest BCUT2D eigenvalue weighted by molar-refractivity contribution is 0.584. The summed E-state index contributed by atoms with van der Waals surface area (Å²) in [7, 11) is -2.84. The number of halogens is 1. The second-order valence-corrected chi connectivity index (χ2v) is 4.68. The van der Waals surface area contributed by atoms with Crippen molar-refractivity contribution in [3.8, 4) is 0 Å². The Bertz CT molecular complexity index is 166. The van der Waals surface area contributed by atoms with Gasteiger partial charge in [-0.3, -0.25) is 0 Å². The normalized spacial score (nSPS) is 13.9. The Labute approximate surface area is 68.3 Å². The molecule has 0 bridgehead atoms. The van der Waals surface area contributed by atoms with Gasteiger partial charge in [-0.15, -0.1) is 12.4 Å². The molecule has 0 aliphatic carbocycles. The maximum atomic E-state index is 10.7. The van der Waals surface area contributed by atoms with E-state index in [0.717, 1.165) is 0 Å². The van der Waals surface area contributed by atoms with Gasteiger partial charge in [0.15, 0.2) is 0 Å². The molecule has 0 aromatic rings. The Morgan fingerprint density at radius 3 is 2.00 bits per heavy atom. The van der Waals surface area contributed by atoms with Gasteiger partial charge in [-0.25, -0.2) is 8.42 Å². The minimum Gasteiger partial charge on any atom is -0.330 e. The van der Waals surface area contributed by atoms with Crippen LogP contribution in [0.1, 0.15) is 13.3 Å². The van der Waals surface area contributed by atoms with Crippen LogP contribution in [0.5, 0.6) is 0 Å². The minimum atomic E-state index is -2.84. The van der Waals surface area contributed by atoms with E-state index in [1.165, 1.54) is 6.26 Å². The molecule has 0 saturated heterocycles. The average Bonchev–Trinajstić information content (AvgIpc) is 1.64. The lowest BCUT2D eigenvalue weighted by atomic mass is 10.3. The number of nitrogens with two attached hydrogens (primary N) is 1. The third-order valence-electron chi connectivity index (χ3n) is 1.30. The molecule has 0 saturated carbocycles. The average molecular weight is 188 g/mol. The van der Waals surface area contributed by atoms with Gasteiger partial charge < -0.3 is 5.73 Å². The van der Waals surface area contributed by atoms with Crippen LogP contribution in [0.3, 0.4) is 0 Å². The number of rotatable bonds is 3.